The van der Waals surface area contributed by atoms with E-state index in [-0.39, 0.29) is 5.56 Å². The Morgan fingerprint density at radius 2 is 1.97 bits per heavy atom. The summed E-state index contributed by atoms with van der Waals surface area (Å²) >= 11 is 6.19. The highest BCUT2D eigenvalue weighted by molar-refractivity contribution is 6.32. The molecule has 1 aliphatic rings. The summed E-state index contributed by atoms with van der Waals surface area (Å²) in [6.07, 6.45) is -2.63. The number of halogens is 5. The molecule has 0 unspecified atom stereocenters. The topological polar surface area (TPSA) is 47.4 Å². The van der Waals surface area contributed by atoms with E-state index in [1.807, 2.05) is 0 Å². The van der Waals surface area contributed by atoms with Crippen LogP contribution in [0.5, 0.6) is 5.75 Å². The molecule has 0 spiro atoms. The normalized spacial score (nSPS) is 15.5. The number of carbonyl (C=O) groups excluding carboxylic acids is 1. The number of rotatable bonds is 5. The van der Waals surface area contributed by atoms with E-state index in [0.717, 1.165) is 9.58 Å². The highest BCUT2D eigenvalue weighted by Gasteiger charge is 2.46. The van der Waals surface area contributed by atoms with Crippen LogP contribution in [0.3, 0.4) is 0 Å². The van der Waals surface area contributed by atoms with E-state index < -0.39 is 37.9 Å². The second-order valence-electron chi connectivity index (χ2n) is 7.02. The van der Waals surface area contributed by atoms with Gasteiger partial charge in [0.1, 0.15) is 18.0 Å². The molecule has 158 valence electrons. The van der Waals surface area contributed by atoms with Crippen molar-refractivity contribution in [1.29, 1.82) is 0 Å². The molecule has 2 aromatic carbocycles. The molecule has 0 bridgehead atoms. The molecule has 1 aromatic heterocycles. The van der Waals surface area contributed by atoms with Gasteiger partial charge < -0.3 is 9.64 Å². The lowest BCUT2D eigenvalue weighted by Crippen LogP contribution is -2.58. The molecule has 1 amide bonds. The van der Waals surface area contributed by atoms with Gasteiger partial charge in [0, 0.05) is 16.5 Å². The number of aromatic nitrogens is 2. The number of methoxy groups -OCH3 is 1. The molecule has 3 aromatic rings. The minimum atomic E-state index is -2.88. The average molecular weight is 442 g/mol. The minimum absolute atomic E-state index is 0.176. The third-order valence-electron chi connectivity index (χ3n) is 4.87. The quantitative estimate of drug-likeness (QED) is 0.538. The summed E-state index contributed by atoms with van der Waals surface area (Å²) in [5.74, 6) is -3.00. The van der Waals surface area contributed by atoms with Gasteiger partial charge in [-0.05, 0) is 36.4 Å². The molecule has 2 heterocycles. The molecule has 0 N–H and O–H groups in total. The standard InChI is InChI=1S/C20H16ClF4N3O2/c1-30-16-5-3-11(7-14(16)21)18-13-6-12(19(29)27-9-20(24,25)10-27)2-4-15(13)28(26-18)8-17(22)23/h2-7,17H,8-10H2,1H3. The maximum atomic E-state index is 13.1. The maximum Gasteiger partial charge on any atom is 0.282 e. The Bertz CT molecular complexity index is 1120. The van der Waals surface area contributed by atoms with Crippen LogP contribution in [0.4, 0.5) is 17.6 Å². The van der Waals surface area contributed by atoms with Crippen molar-refractivity contribution in [3.8, 4) is 17.0 Å². The van der Waals surface area contributed by atoms with E-state index >= 15 is 0 Å². The Hall–Kier alpha value is -2.81. The number of carbonyl (C=O) groups is 1. The molecule has 4 rings (SSSR count). The van der Waals surface area contributed by atoms with Crippen molar-refractivity contribution in [2.24, 2.45) is 0 Å². The summed E-state index contributed by atoms with van der Waals surface area (Å²) < 4.78 is 58.6. The number of ether oxygens (including phenoxy) is 1. The zero-order valence-corrected chi connectivity index (χ0v) is 16.5. The van der Waals surface area contributed by atoms with E-state index in [0.29, 0.717) is 32.9 Å². The Labute approximate surface area is 173 Å². The summed E-state index contributed by atoms with van der Waals surface area (Å²) in [4.78, 5) is 13.6. The zero-order chi connectivity index (χ0) is 21.6. The smallest absolute Gasteiger partial charge is 0.282 e. The number of likely N-dealkylation sites (tertiary alicyclic amines) is 1. The first-order chi connectivity index (χ1) is 14.2. The SMILES string of the molecule is COc1ccc(-c2nn(CC(F)F)c3ccc(C(=O)N4CC(F)(F)C4)cc23)cc1Cl. The molecule has 10 heteroatoms. The second kappa shape index (κ2) is 7.46. The number of alkyl halides is 4. The fourth-order valence-electron chi connectivity index (χ4n) is 3.45. The van der Waals surface area contributed by atoms with Crippen LogP contribution < -0.4 is 4.74 Å². The van der Waals surface area contributed by atoms with Crippen molar-refractivity contribution in [2.75, 3.05) is 20.2 Å². The average Bonchev–Trinajstić information content (AvgIpc) is 3.02. The lowest BCUT2D eigenvalue weighted by atomic mass is 10.0. The third-order valence-corrected chi connectivity index (χ3v) is 5.16. The summed E-state index contributed by atoms with van der Waals surface area (Å²) in [5, 5.41) is 5.04. The summed E-state index contributed by atoms with van der Waals surface area (Å²) in [6.45, 7) is -1.92. The van der Waals surface area contributed by atoms with Crippen LogP contribution in [-0.4, -0.2) is 53.1 Å². The third kappa shape index (κ3) is 3.69. The number of hydrogen-bond acceptors (Lipinski definition) is 3. The van der Waals surface area contributed by atoms with E-state index in [1.54, 1.807) is 18.2 Å². The lowest BCUT2D eigenvalue weighted by Gasteiger charge is -2.38. The van der Waals surface area contributed by atoms with Crippen molar-refractivity contribution in [1.82, 2.24) is 14.7 Å². The van der Waals surface area contributed by atoms with Crippen molar-refractivity contribution < 1.29 is 27.1 Å². The Morgan fingerprint density at radius 3 is 2.57 bits per heavy atom. The molecule has 30 heavy (non-hydrogen) atoms. The molecule has 0 aliphatic carbocycles. The molecule has 1 aliphatic heterocycles. The molecule has 1 saturated heterocycles. The molecule has 0 saturated carbocycles. The van der Waals surface area contributed by atoms with E-state index in [2.05, 4.69) is 5.10 Å². The minimum Gasteiger partial charge on any atom is -0.495 e. The predicted octanol–water partition coefficient (Wildman–Crippen LogP) is 4.72. The first-order valence-corrected chi connectivity index (χ1v) is 9.36. The van der Waals surface area contributed by atoms with Crippen LogP contribution >= 0.6 is 11.6 Å². The summed E-state index contributed by atoms with van der Waals surface area (Å²) in [6, 6.07) is 9.27. The molecule has 0 atom stereocenters. The maximum absolute atomic E-state index is 13.1. The van der Waals surface area contributed by atoms with E-state index in [4.69, 9.17) is 16.3 Å². The fraction of sp³-hybridized carbons (Fsp3) is 0.300. The van der Waals surface area contributed by atoms with Crippen LogP contribution in [0, 0.1) is 0 Å². The van der Waals surface area contributed by atoms with Crippen molar-refractivity contribution >= 4 is 28.4 Å². The van der Waals surface area contributed by atoms with Gasteiger partial charge in [-0.2, -0.15) is 5.10 Å². The second-order valence-corrected chi connectivity index (χ2v) is 7.43. The van der Waals surface area contributed by atoms with Gasteiger partial charge in [-0.3, -0.25) is 9.48 Å². The zero-order valence-electron chi connectivity index (χ0n) is 15.7. The van der Waals surface area contributed by atoms with Gasteiger partial charge in [0.15, 0.2) is 0 Å². The van der Waals surface area contributed by atoms with Crippen LogP contribution in [0.25, 0.3) is 22.2 Å². The van der Waals surface area contributed by atoms with Crippen molar-refractivity contribution in [3.05, 3.63) is 47.0 Å². The first-order valence-electron chi connectivity index (χ1n) is 8.98. The summed E-state index contributed by atoms with van der Waals surface area (Å²) in [7, 11) is 1.46. The molecular weight excluding hydrogens is 426 g/mol. The molecule has 5 nitrogen and oxygen atoms in total. The lowest BCUT2D eigenvalue weighted by molar-refractivity contribution is -0.113. The van der Waals surface area contributed by atoms with Gasteiger partial charge in [-0.1, -0.05) is 11.6 Å². The number of nitrogens with zero attached hydrogens (tertiary/aromatic N) is 3. The van der Waals surface area contributed by atoms with Gasteiger partial charge in [0.05, 0.1) is 30.7 Å². The van der Waals surface area contributed by atoms with Crippen molar-refractivity contribution in [3.63, 3.8) is 0 Å². The fourth-order valence-corrected chi connectivity index (χ4v) is 3.71. The number of fused-ring (bicyclic) bond motifs is 1. The van der Waals surface area contributed by atoms with E-state index in [9.17, 15) is 22.4 Å². The predicted molar refractivity (Wildman–Crippen MR) is 104 cm³/mol. The van der Waals surface area contributed by atoms with E-state index in [1.165, 1.54) is 25.3 Å². The van der Waals surface area contributed by atoms with Gasteiger partial charge in [-0.25, -0.2) is 17.6 Å². The van der Waals surface area contributed by atoms with Crippen molar-refractivity contribution in [2.45, 2.75) is 18.9 Å². The molecule has 0 radical (unpaired) electrons. The van der Waals surface area contributed by atoms with Crippen LogP contribution in [0.1, 0.15) is 10.4 Å². The number of amides is 1. The van der Waals surface area contributed by atoms with Crippen LogP contribution in [0.15, 0.2) is 36.4 Å². The number of hydrogen-bond donors (Lipinski definition) is 0. The largest absolute Gasteiger partial charge is 0.495 e. The monoisotopic (exact) mass is 441 g/mol. The Morgan fingerprint density at radius 1 is 1.23 bits per heavy atom. The van der Waals surface area contributed by atoms with Gasteiger partial charge in [-0.15, -0.1) is 0 Å². The number of benzene rings is 2. The van der Waals surface area contributed by atoms with Gasteiger partial charge >= 0.3 is 0 Å². The molecular formula is C20H16ClF4N3O2. The highest BCUT2D eigenvalue weighted by atomic mass is 35.5. The van der Waals surface area contributed by atoms with Gasteiger partial charge in [0.2, 0.25) is 0 Å². The van der Waals surface area contributed by atoms with Crippen LogP contribution in [0.2, 0.25) is 5.02 Å². The Kier molecular flexibility index (Phi) is 5.09. The first kappa shape index (κ1) is 20.5. The van der Waals surface area contributed by atoms with Gasteiger partial charge in [0.25, 0.3) is 18.3 Å². The highest BCUT2D eigenvalue weighted by Crippen LogP contribution is 2.35. The van der Waals surface area contributed by atoms with Crippen LogP contribution in [-0.2, 0) is 6.54 Å². The summed E-state index contributed by atoms with van der Waals surface area (Å²) in [5.41, 5.74) is 1.45. The molecule has 1 fully saturated rings. The Balaban J connectivity index is 1.80.